The number of aromatic nitrogens is 3. The standard InChI is InChI=1S/C15H20N4/c16-10-15(5-1-6-15)8-14-18-12-9-17-7-4-13(12)19(14)11-2-3-11/h4,7,9,11H,1-3,5-6,8,10,16H2. The molecule has 4 rings (SSSR count). The minimum Gasteiger partial charge on any atom is -0.330 e. The molecule has 0 saturated heterocycles. The van der Waals surface area contributed by atoms with E-state index in [1.54, 1.807) is 0 Å². The molecule has 0 spiro atoms. The van der Waals surface area contributed by atoms with E-state index in [2.05, 4.69) is 15.6 Å². The third kappa shape index (κ3) is 1.77. The molecule has 2 heterocycles. The van der Waals surface area contributed by atoms with E-state index in [1.807, 2.05) is 12.4 Å². The Hall–Kier alpha value is -1.42. The molecule has 2 aliphatic rings. The van der Waals surface area contributed by atoms with E-state index < -0.39 is 0 Å². The average molecular weight is 256 g/mol. The lowest BCUT2D eigenvalue weighted by molar-refractivity contribution is 0.140. The Morgan fingerprint density at radius 1 is 1.37 bits per heavy atom. The second kappa shape index (κ2) is 4.04. The van der Waals surface area contributed by atoms with E-state index in [4.69, 9.17) is 10.7 Å². The van der Waals surface area contributed by atoms with Gasteiger partial charge in [0.1, 0.15) is 11.3 Å². The molecule has 100 valence electrons. The molecule has 0 aromatic carbocycles. The molecule has 2 aliphatic carbocycles. The van der Waals surface area contributed by atoms with Crippen molar-refractivity contribution in [2.75, 3.05) is 6.54 Å². The van der Waals surface area contributed by atoms with Crippen molar-refractivity contribution in [1.29, 1.82) is 0 Å². The van der Waals surface area contributed by atoms with Crippen molar-refractivity contribution >= 4 is 11.0 Å². The van der Waals surface area contributed by atoms with Crippen LogP contribution in [0, 0.1) is 5.41 Å². The summed E-state index contributed by atoms with van der Waals surface area (Å²) in [4.78, 5) is 9.03. The van der Waals surface area contributed by atoms with Crippen LogP contribution < -0.4 is 5.73 Å². The lowest BCUT2D eigenvalue weighted by Gasteiger charge is -2.40. The predicted octanol–water partition coefficient (Wildman–Crippen LogP) is 2.44. The zero-order valence-electron chi connectivity index (χ0n) is 11.2. The molecule has 0 radical (unpaired) electrons. The number of hydrogen-bond acceptors (Lipinski definition) is 3. The first-order valence-corrected chi connectivity index (χ1v) is 7.32. The van der Waals surface area contributed by atoms with Crippen LogP contribution in [0.25, 0.3) is 11.0 Å². The van der Waals surface area contributed by atoms with Crippen LogP contribution in [0.5, 0.6) is 0 Å². The Kier molecular flexibility index (Phi) is 2.42. The summed E-state index contributed by atoms with van der Waals surface area (Å²) in [5.41, 5.74) is 8.61. The van der Waals surface area contributed by atoms with Gasteiger partial charge in [0.05, 0.1) is 11.7 Å². The summed E-state index contributed by atoms with van der Waals surface area (Å²) in [6, 6.07) is 2.76. The molecule has 19 heavy (non-hydrogen) atoms. The van der Waals surface area contributed by atoms with Gasteiger partial charge >= 0.3 is 0 Å². The van der Waals surface area contributed by atoms with Gasteiger partial charge in [0.2, 0.25) is 0 Å². The third-order valence-corrected chi connectivity index (χ3v) is 4.86. The Balaban J connectivity index is 1.78. The molecular weight excluding hydrogens is 236 g/mol. The fourth-order valence-electron chi connectivity index (χ4n) is 3.33. The van der Waals surface area contributed by atoms with Crippen LogP contribution in [0.3, 0.4) is 0 Å². The van der Waals surface area contributed by atoms with E-state index in [-0.39, 0.29) is 0 Å². The number of nitrogens with two attached hydrogens (primary N) is 1. The van der Waals surface area contributed by atoms with Crippen molar-refractivity contribution in [3.63, 3.8) is 0 Å². The normalized spacial score (nSPS) is 21.5. The molecule has 4 heteroatoms. The second-order valence-electron chi connectivity index (χ2n) is 6.23. The van der Waals surface area contributed by atoms with Crippen LogP contribution in [-0.4, -0.2) is 21.1 Å². The zero-order valence-corrected chi connectivity index (χ0v) is 11.2. The third-order valence-electron chi connectivity index (χ3n) is 4.86. The number of nitrogens with zero attached hydrogens (tertiary/aromatic N) is 3. The maximum atomic E-state index is 6.00. The first kappa shape index (κ1) is 11.4. The van der Waals surface area contributed by atoms with E-state index >= 15 is 0 Å². The summed E-state index contributed by atoms with van der Waals surface area (Å²) >= 11 is 0. The van der Waals surface area contributed by atoms with Gasteiger partial charge in [-0.05, 0) is 43.7 Å². The molecule has 2 aromatic heterocycles. The molecule has 0 aliphatic heterocycles. The SMILES string of the molecule is NCC1(Cc2nc3cnccc3n2C2CC2)CCC1. The molecule has 0 amide bonds. The Bertz CT molecular complexity index is 602. The summed E-state index contributed by atoms with van der Waals surface area (Å²) in [7, 11) is 0. The van der Waals surface area contributed by atoms with E-state index in [0.29, 0.717) is 11.5 Å². The number of fused-ring (bicyclic) bond motifs is 1. The summed E-state index contributed by atoms with van der Waals surface area (Å²) in [5.74, 6) is 1.23. The minimum atomic E-state index is 0.321. The Morgan fingerprint density at radius 3 is 2.84 bits per heavy atom. The van der Waals surface area contributed by atoms with Gasteiger partial charge in [-0.1, -0.05) is 6.42 Å². The highest BCUT2D eigenvalue weighted by Crippen LogP contribution is 2.45. The lowest BCUT2D eigenvalue weighted by Crippen LogP contribution is -2.39. The fraction of sp³-hybridized carbons (Fsp3) is 0.600. The summed E-state index contributed by atoms with van der Waals surface area (Å²) in [5, 5.41) is 0. The van der Waals surface area contributed by atoms with Crippen LogP contribution in [0.2, 0.25) is 0 Å². The van der Waals surface area contributed by atoms with Crippen molar-refractivity contribution < 1.29 is 0 Å². The molecular formula is C15H20N4. The molecule has 2 N–H and O–H groups in total. The first-order chi connectivity index (χ1) is 9.31. The summed E-state index contributed by atoms with van der Waals surface area (Å²) < 4.78 is 2.45. The molecule has 4 nitrogen and oxygen atoms in total. The largest absolute Gasteiger partial charge is 0.330 e. The van der Waals surface area contributed by atoms with Crippen molar-refractivity contribution in [3.8, 4) is 0 Å². The maximum absolute atomic E-state index is 6.00. The van der Waals surface area contributed by atoms with Crippen LogP contribution >= 0.6 is 0 Å². The van der Waals surface area contributed by atoms with Gasteiger partial charge in [-0.3, -0.25) is 4.98 Å². The molecule has 0 bridgehead atoms. The van der Waals surface area contributed by atoms with E-state index in [0.717, 1.165) is 18.5 Å². The molecule has 0 unspecified atom stereocenters. The first-order valence-electron chi connectivity index (χ1n) is 7.32. The molecule has 2 saturated carbocycles. The van der Waals surface area contributed by atoms with Gasteiger partial charge in [0.25, 0.3) is 0 Å². The number of rotatable bonds is 4. The highest BCUT2D eigenvalue weighted by molar-refractivity contribution is 5.75. The highest BCUT2D eigenvalue weighted by Gasteiger charge is 2.38. The number of imidazole rings is 1. The lowest BCUT2D eigenvalue weighted by atomic mass is 9.66. The van der Waals surface area contributed by atoms with Crippen LogP contribution in [0.15, 0.2) is 18.5 Å². The summed E-state index contributed by atoms with van der Waals surface area (Å²) in [6.07, 6.45) is 11.2. The number of pyridine rings is 1. The van der Waals surface area contributed by atoms with Crippen LogP contribution in [0.4, 0.5) is 0 Å². The van der Waals surface area contributed by atoms with Crippen molar-refractivity contribution in [2.24, 2.45) is 11.1 Å². The van der Waals surface area contributed by atoms with E-state index in [9.17, 15) is 0 Å². The van der Waals surface area contributed by atoms with Gasteiger partial charge in [0, 0.05) is 18.7 Å². The van der Waals surface area contributed by atoms with Crippen LogP contribution in [-0.2, 0) is 6.42 Å². The smallest absolute Gasteiger partial charge is 0.110 e. The van der Waals surface area contributed by atoms with Crippen LogP contribution in [0.1, 0.15) is 44.0 Å². The zero-order chi connectivity index (χ0) is 12.9. The maximum Gasteiger partial charge on any atom is 0.110 e. The van der Waals surface area contributed by atoms with Crippen molar-refractivity contribution in [1.82, 2.24) is 14.5 Å². The monoisotopic (exact) mass is 256 g/mol. The fourth-order valence-corrected chi connectivity index (χ4v) is 3.33. The van der Waals surface area contributed by atoms with Crippen molar-refractivity contribution in [2.45, 2.75) is 44.6 Å². The highest BCUT2D eigenvalue weighted by atomic mass is 15.1. The molecule has 0 atom stereocenters. The predicted molar refractivity (Wildman–Crippen MR) is 74.8 cm³/mol. The van der Waals surface area contributed by atoms with Gasteiger partial charge in [-0.2, -0.15) is 0 Å². The minimum absolute atomic E-state index is 0.321. The second-order valence-corrected chi connectivity index (χ2v) is 6.23. The topological polar surface area (TPSA) is 56.7 Å². The Labute approximate surface area is 113 Å². The van der Waals surface area contributed by atoms with Gasteiger partial charge < -0.3 is 10.3 Å². The van der Waals surface area contributed by atoms with Gasteiger partial charge in [0.15, 0.2) is 0 Å². The molecule has 2 fully saturated rings. The van der Waals surface area contributed by atoms with E-state index in [1.165, 1.54) is 43.4 Å². The quantitative estimate of drug-likeness (QED) is 0.914. The van der Waals surface area contributed by atoms with Crippen molar-refractivity contribution in [3.05, 3.63) is 24.3 Å². The number of hydrogen-bond donors (Lipinski definition) is 1. The Morgan fingerprint density at radius 2 is 2.21 bits per heavy atom. The average Bonchev–Trinajstić information content (AvgIpc) is 3.15. The summed E-state index contributed by atoms with van der Waals surface area (Å²) in [6.45, 7) is 0.791. The van der Waals surface area contributed by atoms with Gasteiger partial charge in [-0.25, -0.2) is 4.98 Å². The molecule has 2 aromatic rings. The van der Waals surface area contributed by atoms with Gasteiger partial charge in [-0.15, -0.1) is 0 Å².